The number of halogens is 1. The van der Waals surface area contributed by atoms with Crippen molar-refractivity contribution in [3.63, 3.8) is 0 Å². The predicted octanol–water partition coefficient (Wildman–Crippen LogP) is 1.95. The van der Waals surface area contributed by atoms with Gasteiger partial charge in [-0.05, 0) is 24.0 Å². The SMILES string of the molecule is CCC1CN(C(=O)Cc2ccccc2F)CCC1N. The lowest BCUT2D eigenvalue weighted by atomic mass is 9.90. The number of likely N-dealkylation sites (tertiary alicyclic amines) is 1. The van der Waals surface area contributed by atoms with Crippen molar-refractivity contribution in [2.45, 2.75) is 32.2 Å². The third-order valence-electron chi connectivity index (χ3n) is 3.97. The maximum absolute atomic E-state index is 13.5. The minimum atomic E-state index is -0.309. The van der Waals surface area contributed by atoms with Gasteiger partial charge in [0.1, 0.15) is 5.82 Å². The first-order valence-corrected chi connectivity index (χ1v) is 6.88. The van der Waals surface area contributed by atoms with E-state index in [0.29, 0.717) is 24.6 Å². The quantitative estimate of drug-likeness (QED) is 0.907. The number of rotatable bonds is 3. The molecule has 1 saturated heterocycles. The maximum Gasteiger partial charge on any atom is 0.227 e. The standard InChI is InChI=1S/C15H21FN2O/c1-2-11-10-18(8-7-14(11)17)15(19)9-12-5-3-4-6-13(12)16/h3-6,11,14H,2,7-10,17H2,1H3. The lowest BCUT2D eigenvalue weighted by Gasteiger charge is -2.36. The third-order valence-corrected chi connectivity index (χ3v) is 3.97. The molecule has 1 amide bonds. The van der Waals surface area contributed by atoms with E-state index in [2.05, 4.69) is 6.92 Å². The summed E-state index contributed by atoms with van der Waals surface area (Å²) in [7, 11) is 0. The zero-order valence-electron chi connectivity index (χ0n) is 11.3. The first kappa shape index (κ1) is 14.0. The average Bonchev–Trinajstić information content (AvgIpc) is 2.42. The Balaban J connectivity index is 1.99. The van der Waals surface area contributed by atoms with Gasteiger partial charge in [0.05, 0.1) is 6.42 Å². The van der Waals surface area contributed by atoms with E-state index in [1.54, 1.807) is 18.2 Å². The Morgan fingerprint density at radius 2 is 2.21 bits per heavy atom. The first-order chi connectivity index (χ1) is 9.11. The van der Waals surface area contributed by atoms with E-state index in [4.69, 9.17) is 5.73 Å². The van der Waals surface area contributed by atoms with Crippen LogP contribution in [0.2, 0.25) is 0 Å². The molecule has 0 radical (unpaired) electrons. The highest BCUT2D eigenvalue weighted by Crippen LogP contribution is 2.19. The van der Waals surface area contributed by atoms with Gasteiger partial charge in [-0.3, -0.25) is 4.79 Å². The molecule has 104 valence electrons. The molecule has 2 N–H and O–H groups in total. The van der Waals surface area contributed by atoms with Crippen LogP contribution in [0.1, 0.15) is 25.3 Å². The van der Waals surface area contributed by atoms with Crippen molar-refractivity contribution in [3.8, 4) is 0 Å². The molecule has 0 saturated carbocycles. The molecule has 1 aliphatic rings. The summed E-state index contributed by atoms with van der Waals surface area (Å²) in [6.45, 7) is 3.48. The zero-order valence-corrected chi connectivity index (χ0v) is 11.3. The Morgan fingerprint density at radius 3 is 2.89 bits per heavy atom. The Kier molecular flexibility index (Phi) is 4.53. The van der Waals surface area contributed by atoms with E-state index in [9.17, 15) is 9.18 Å². The molecule has 2 unspecified atom stereocenters. The summed E-state index contributed by atoms with van der Waals surface area (Å²) in [6.07, 6.45) is 1.95. The number of nitrogens with zero attached hydrogens (tertiary/aromatic N) is 1. The number of hydrogen-bond donors (Lipinski definition) is 1. The molecular weight excluding hydrogens is 243 g/mol. The maximum atomic E-state index is 13.5. The fraction of sp³-hybridized carbons (Fsp3) is 0.533. The van der Waals surface area contributed by atoms with Crippen molar-refractivity contribution >= 4 is 5.91 Å². The first-order valence-electron chi connectivity index (χ1n) is 6.88. The number of nitrogens with two attached hydrogens (primary N) is 1. The molecule has 0 spiro atoms. The molecule has 1 aromatic carbocycles. The van der Waals surface area contributed by atoms with Crippen LogP contribution in [0.25, 0.3) is 0 Å². The van der Waals surface area contributed by atoms with E-state index < -0.39 is 0 Å². The Labute approximate surface area is 113 Å². The molecule has 2 atom stereocenters. The van der Waals surface area contributed by atoms with Crippen LogP contribution < -0.4 is 5.73 Å². The summed E-state index contributed by atoms with van der Waals surface area (Å²) in [5.41, 5.74) is 6.50. The summed E-state index contributed by atoms with van der Waals surface area (Å²) in [4.78, 5) is 14.0. The van der Waals surface area contributed by atoms with Crippen molar-refractivity contribution in [1.82, 2.24) is 4.90 Å². The summed E-state index contributed by atoms with van der Waals surface area (Å²) >= 11 is 0. The average molecular weight is 264 g/mol. The minimum Gasteiger partial charge on any atom is -0.342 e. The van der Waals surface area contributed by atoms with Crippen LogP contribution in [0, 0.1) is 11.7 Å². The monoisotopic (exact) mass is 264 g/mol. The minimum absolute atomic E-state index is 0.00421. The molecule has 0 aromatic heterocycles. The number of carbonyl (C=O) groups is 1. The van der Waals surface area contributed by atoms with Gasteiger partial charge in [0.2, 0.25) is 5.91 Å². The molecule has 1 heterocycles. The van der Waals surface area contributed by atoms with Gasteiger partial charge in [-0.1, -0.05) is 31.5 Å². The molecule has 1 fully saturated rings. The fourth-order valence-electron chi connectivity index (χ4n) is 2.63. The number of hydrogen-bond acceptors (Lipinski definition) is 2. The highest BCUT2D eigenvalue weighted by Gasteiger charge is 2.28. The molecule has 0 aliphatic carbocycles. The van der Waals surface area contributed by atoms with Gasteiger partial charge in [-0.2, -0.15) is 0 Å². The van der Waals surface area contributed by atoms with Crippen molar-refractivity contribution in [1.29, 1.82) is 0 Å². The van der Waals surface area contributed by atoms with Crippen molar-refractivity contribution in [2.24, 2.45) is 11.7 Å². The van der Waals surface area contributed by atoms with E-state index in [1.807, 2.05) is 4.90 Å². The normalized spacial score (nSPS) is 23.4. The Bertz CT molecular complexity index is 450. The van der Waals surface area contributed by atoms with E-state index >= 15 is 0 Å². The summed E-state index contributed by atoms with van der Waals surface area (Å²) < 4.78 is 13.5. The Hall–Kier alpha value is -1.42. The second kappa shape index (κ2) is 6.15. The van der Waals surface area contributed by atoms with Gasteiger partial charge >= 0.3 is 0 Å². The number of amides is 1. The Morgan fingerprint density at radius 1 is 1.47 bits per heavy atom. The second-order valence-electron chi connectivity index (χ2n) is 5.23. The van der Waals surface area contributed by atoms with Crippen LogP contribution in [0.3, 0.4) is 0 Å². The summed E-state index contributed by atoms with van der Waals surface area (Å²) in [5.74, 6) is 0.0466. The number of piperidine rings is 1. The van der Waals surface area contributed by atoms with E-state index in [-0.39, 0.29) is 24.2 Å². The molecule has 1 aliphatic heterocycles. The molecule has 4 heteroatoms. The third kappa shape index (κ3) is 3.32. The molecule has 3 nitrogen and oxygen atoms in total. The van der Waals surface area contributed by atoms with Gasteiger partial charge in [0.25, 0.3) is 0 Å². The van der Waals surface area contributed by atoms with Gasteiger partial charge in [0, 0.05) is 19.1 Å². The second-order valence-corrected chi connectivity index (χ2v) is 5.23. The number of benzene rings is 1. The summed E-state index contributed by atoms with van der Waals surface area (Å²) in [6, 6.07) is 6.63. The molecule has 2 rings (SSSR count). The van der Waals surface area contributed by atoms with Crippen LogP contribution >= 0.6 is 0 Å². The zero-order chi connectivity index (χ0) is 13.8. The van der Waals surface area contributed by atoms with E-state index in [0.717, 1.165) is 12.8 Å². The van der Waals surface area contributed by atoms with Crippen LogP contribution in [-0.4, -0.2) is 29.9 Å². The van der Waals surface area contributed by atoms with Gasteiger partial charge in [-0.25, -0.2) is 4.39 Å². The van der Waals surface area contributed by atoms with Crippen molar-refractivity contribution in [2.75, 3.05) is 13.1 Å². The lowest BCUT2D eigenvalue weighted by Crippen LogP contribution is -2.49. The molecule has 19 heavy (non-hydrogen) atoms. The van der Waals surface area contributed by atoms with Crippen molar-refractivity contribution < 1.29 is 9.18 Å². The molecule has 1 aromatic rings. The van der Waals surface area contributed by atoms with Crippen LogP contribution in [-0.2, 0) is 11.2 Å². The largest absolute Gasteiger partial charge is 0.342 e. The molecule has 0 bridgehead atoms. The smallest absolute Gasteiger partial charge is 0.227 e. The van der Waals surface area contributed by atoms with Gasteiger partial charge in [0.15, 0.2) is 0 Å². The molecular formula is C15H21FN2O. The number of carbonyl (C=O) groups excluding carboxylic acids is 1. The highest BCUT2D eigenvalue weighted by atomic mass is 19.1. The van der Waals surface area contributed by atoms with Gasteiger partial charge < -0.3 is 10.6 Å². The van der Waals surface area contributed by atoms with Gasteiger partial charge in [-0.15, -0.1) is 0 Å². The summed E-state index contributed by atoms with van der Waals surface area (Å²) in [5, 5.41) is 0. The van der Waals surface area contributed by atoms with Crippen LogP contribution in [0.15, 0.2) is 24.3 Å². The highest BCUT2D eigenvalue weighted by molar-refractivity contribution is 5.79. The topological polar surface area (TPSA) is 46.3 Å². The fourth-order valence-corrected chi connectivity index (χ4v) is 2.63. The lowest BCUT2D eigenvalue weighted by molar-refractivity contribution is -0.132. The van der Waals surface area contributed by atoms with E-state index in [1.165, 1.54) is 6.07 Å². The predicted molar refractivity (Wildman–Crippen MR) is 73.1 cm³/mol. The van der Waals surface area contributed by atoms with Crippen LogP contribution in [0.4, 0.5) is 4.39 Å². The van der Waals surface area contributed by atoms with Crippen molar-refractivity contribution in [3.05, 3.63) is 35.6 Å². The van der Waals surface area contributed by atoms with Crippen LogP contribution in [0.5, 0.6) is 0 Å².